The van der Waals surface area contributed by atoms with Gasteiger partial charge in [0.25, 0.3) is 0 Å². The van der Waals surface area contributed by atoms with Crippen LogP contribution in [0.2, 0.25) is 0 Å². The molecule has 3 heterocycles. The van der Waals surface area contributed by atoms with Crippen molar-refractivity contribution in [1.82, 2.24) is 19.4 Å². The van der Waals surface area contributed by atoms with Crippen molar-refractivity contribution in [3.63, 3.8) is 0 Å². The predicted molar refractivity (Wildman–Crippen MR) is 110 cm³/mol. The van der Waals surface area contributed by atoms with Gasteiger partial charge in [-0.15, -0.1) is 0 Å². The first kappa shape index (κ1) is 18.6. The second-order valence-corrected chi connectivity index (χ2v) is 6.87. The van der Waals surface area contributed by atoms with Crippen LogP contribution in [0.1, 0.15) is 16.7 Å². The topological polar surface area (TPSA) is 80.1 Å². The van der Waals surface area contributed by atoms with E-state index in [1.807, 2.05) is 23.1 Å². The van der Waals surface area contributed by atoms with Crippen LogP contribution in [-0.4, -0.2) is 37.8 Å². The zero-order valence-corrected chi connectivity index (χ0v) is 15.9. The summed E-state index contributed by atoms with van der Waals surface area (Å²) in [6.07, 6.45) is 10.7. The van der Waals surface area contributed by atoms with Gasteiger partial charge in [-0.3, -0.25) is 9.59 Å². The van der Waals surface area contributed by atoms with Gasteiger partial charge in [-0.1, -0.05) is 24.3 Å². The lowest BCUT2D eigenvalue weighted by Crippen LogP contribution is -2.34. The van der Waals surface area contributed by atoms with Crippen molar-refractivity contribution in [3.05, 3.63) is 84.1 Å². The van der Waals surface area contributed by atoms with Crippen LogP contribution >= 0.6 is 0 Å². The number of fused-ring (bicyclic) bond motifs is 1. The molecule has 0 radical (unpaired) electrons. The van der Waals surface area contributed by atoms with Crippen molar-refractivity contribution in [2.45, 2.75) is 19.5 Å². The van der Waals surface area contributed by atoms with Crippen LogP contribution in [0.15, 0.2) is 67.4 Å². The van der Waals surface area contributed by atoms with Gasteiger partial charge in [0, 0.05) is 37.8 Å². The molecular weight excluding hydrogens is 366 g/mol. The zero-order valence-electron chi connectivity index (χ0n) is 15.9. The smallest absolute Gasteiger partial charge is 0.246 e. The van der Waals surface area contributed by atoms with Gasteiger partial charge in [0.05, 0.1) is 6.33 Å². The van der Waals surface area contributed by atoms with Crippen LogP contribution in [0, 0.1) is 0 Å². The van der Waals surface area contributed by atoms with Crippen LogP contribution in [0.4, 0.5) is 5.82 Å². The third-order valence-electron chi connectivity index (χ3n) is 4.80. The molecule has 1 aliphatic heterocycles. The standard InChI is InChI=1S/C22H21N5O2/c28-21(15-26-12-10-23-16-26)25-20-7-5-17(13-24-20)6-8-22(29)27-11-9-18-3-1-2-4-19(18)14-27/h1-8,10,12-13,16H,9,11,14-15H2,(H,24,25,28)/b8-6+. The molecule has 0 bridgehead atoms. The number of hydrogen-bond donors (Lipinski definition) is 1. The lowest BCUT2D eigenvalue weighted by atomic mass is 10.00. The van der Waals surface area contributed by atoms with E-state index in [4.69, 9.17) is 0 Å². The number of aromatic nitrogens is 3. The van der Waals surface area contributed by atoms with E-state index in [9.17, 15) is 9.59 Å². The summed E-state index contributed by atoms with van der Waals surface area (Å²) in [4.78, 5) is 34.5. The minimum atomic E-state index is -0.181. The summed E-state index contributed by atoms with van der Waals surface area (Å²) < 4.78 is 1.68. The van der Waals surface area contributed by atoms with Crippen molar-refractivity contribution in [1.29, 1.82) is 0 Å². The second kappa shape index (κ2) is 8.52. The number of imidazole rings is 1. The lowest BCUT2D eigenvalue weighted by molar-refractivity contribution is -0.126. The number of nitrogens with one attached hydrogen (secondary N) is 1. The van der Waals surface area contributed by atoms with Crippen molar-refractivity contribution in [2.24, 2.45) is 0 Å². The van der Waals surface area contributed by atoms with Gasteiger partial charge in [-0.2, -0.15) is 0 Å². The van der Waals surface area contributed by atoms with Crippen LogP contribution in [0.5, 0.6) is 0 Å². The zero-order chi connectivity index (χ0) is 20.1. The van der Waals surface area contributed by atoms with Crippen LogP contribution in [-0.2, 0) is 29.1 Å². The molecule has 1 aromatic carbocycles. The average molecular weight is 387 g/mol. The van der Waals surface area contributed by atoms with E-state index < -0.39 is 0 Å². The largest absolute Gasteiger partial charge is 0.334 e. The number of rotatable bonds is 5. The minimum absolute atomic E-state index is 0.0165. The summed E-state index contributed by atoms with van der Waals surface area (Å²) >= 11 is 0. The van der Waals surface area contributed by atoms with Crippen LogP contribution < -0.4 is 5.32 Å². The minimum Gasteiger partial charge on any atom is -0.334 e. The highest BCUT2D eigenvalue weighted by molar-refractivity contribution is 5.92. The Morgan fingerprint density at radius 1 is 1.14 bits per heavy atom. The number of anilines is 1. The molecule has 4 rings (SSSR count). The molecule has 2 aromatic heterocycles. The molecule has 0 atom stereocenters. The van der Waals surface area contributed by atoms with Crippen molar-refractivity contribution in [3.8, 4) is 0 Å². The maximum absolute atomic E-state index is 12.5. The van der Waals surface area contributed by atoms with Crippen LogP contribution in [0.3, 0.4) is 0 Å². The number of hydrogen-bond acceptors (Lipinski definition) is 4. The Balaban J connectivity index is 1.32. The summed E-state index contributed by atoms with van der Waals surface area (Å²) in [5, 5.41) is 2.74. The second-order valence-electron chi connectivity index (χ2n) is 6.87. The average Bonchev–Trinajstić information content (AvgIpc) is 3.25. The van der Waals surface area contributed by atoms with Gasteiger partial charge >= 0.3 is 0 Å². The monoisotopic (exact) mass is 387 g/mol. The fourth-order valence-corrected chi connectivity index (χ4v) is 3.26. The van der Waals surface area contributed by atoms with E-state index in [2.05, 4.69) is 27.4 Å². The molecule has 29 heavy (non-hydrogen) atoms. The normalized spacial score (nSPS) is 13.3. The molecule has 0 aliphatic carbocycles. The number of benzene rings is 1. The van der Waals surface area contributed by atoms with E-state index >= 15 is 0 Å². The van der Waals surface area contributed by atoms with Crippen LogP contribution in [0.25, 0.3) is 6.08 Å². The van der Waals surface area contributed by atoms with E-state index in [1.165, 1.54) is 11.1 Å². The first-order valence-electron chi connectivity index (χ1n) is 9.43. The number of carbonyl (C=O) groups excluding carboxylic acids is 2. The summed E-state index contributed by atoms with van der Waals surface area (Å²) in [6, 6.07) is 11.8. The number of nitrogens with zero attached hydrogens (tertiary/aromatic N) is 4. The first-order valence-corrected chi connectivity index (χ1v) is 9.43. The highest BCUT2D eigenvalue weighted by Crippen LogP contribution is 2.19. The number of pyridine rings is 1. The molecule has 0 fully saturated rings. The quantitative estimate of drug-likeness (QED) is 0.682. The maximum atomic E-state index is 12.5. The molecule has 1 N–H and O–H groups in total. The number of carbonyl (C=O) groups is 2. The van der Waals surface area contributed by atoms with Crippen molar-refractivity contribution in [2.75, 3.05) is 11.9 Å². The molecule has 0 spiro atoms. The van der Waals surface area contributed by atoms with Gasteiger partial charge in [-0.25, -0.2) is 9.97 Å². The molecular formula is C22H21N5O2. The van der Waals surface area contributed by atoms with E-state index in [0.717, 1.165) is 18.5 Å². The van der Waals surface area contributed by atoms with Gasteiger partial charge in [-0.05, 0) is 41.3 Å². The highest BCUT2D eigenvalue weighted by Gasteiger charge is 2.18. The molecule has 0 saturated carbocycles. The van der Waals surface area contributed by atoms with Crippen molar-refractivity contribution < 1.29 is 9.59 Å². The molecule has 146 valence electrons. The molecule has 0 saturated heterocycles. The molecule has 2 amide bonds. The fourth-order valence-electron chi connectivity index (χ4n) is 3.26. The summed E-state index contributed by atoms with van der Waals surface area (Å²) in [7, 11) is 0. The van der Waals surface area contributed by atoms with Gasteiger partial charge in [0.15, 0.2) is 0 Å². The summed E-state index contributed by atoms with van der Waals surface area (Å²) in [5.41, 5.74) is 3.32. The third-order valence-corrected chi connectivity index (χ3v) is 4.80. The molecule has 0 unspecified atom stereocenters. The Bertz CT molecular complexity index is 1030. The molecule has 1 aliphatic rings. The fraction of sp³-hybridized carbons (Fsp3) is 0.182. The van der Waals surface area contributed by atoms with Gasteiger partial charge in [0.1, 0.15) is 12.4 Å². The molecule has 7 heteroatoms. The highest BCUT2D eigenvalue weighted by atomic mass is 16.2. The van der Waals surface area contributed by atoms with Crippen molar-refractivity contribution >= 4 is 23.7 Å². The predicted octanol–water partition coefficient (Wildman–Crippen LogP) is 2.51. The van der Waals surface area contributed by atoms with Gasteiger partial charge in [0.2, 0.25) is 11.8 Å². The summed E-state index contributed by atoms with van der Waals surface area (Å²) in [5.74, 6) is 0.266. The van der Waals surface area contributed by atoms with Gasteiger partial charge < -0.3 is 14.8 Å². The van der Waals surface area contributed by atoms with E-state index in [1.54, 1.807) is 47.7 Å². The maximum Gasteiger partial charge on any atom is 0.246 e. The first-order chi connectivity index (χ1) is 14.2. The third kappa shape index (κ3) is 4.76. The summed E-state index contributed by atoms with van der Waals surface area (Å²) in [6.45, 7) is 1.54. The Morgan fingerprint density at radius 2 is 2.00 bits per heavy atom. The lowest BCUT2D eigenvalue weighted by Gasteiger charge is -2.27. The van der Waals surface area contributed by atoms with E-state index in [0.29, 0.717) is 12.4 Å². The Morgan fingerprint density at radius 3 is 2.76 bits per heavy atom. The SMILES string of the molecule is O=C(Cn1ccnc1)Nc1ccc(/C=C/C(=O)N2CCc3ccccc3C2)cn1. The Hall–Kier alpha value is -3.74. The molecule has 7 nitrogen and oxygen atoms in total. The molecule has 3 aromatic rings. The Kier molecular flexibility index (Phi) is 5.47. The Labute approximate surface area is 168 Å². The number of amides is 2. The van der Waals surface area contributed by atoms with E-state index in [-0.39, 0.29) is 18.4 Å².